The first-order valence-electron chi connectivity index (χ1n) is 14.3. The Morgan fingerprint density at radius 1 is 1.32 bits per heavy atom. The number of carbonyl (C=O) groups excluding carboxylic acids is 1. The number of aliphatic hydroxyl groups is 1. The zero-order chi connectivity index (χ0) is 31.8. The van der Waals surface area contributed by atoms with Gasteiger partial charge in [-0.1, -0.05) is 19.1 Å². The van der Waals surface area contributed by atoms with Crippen LogP contribution in [0.1, 0.15) is 42.4 Å². The van der Waals surface area contributed by atoms with Crippen molar-refractivity contribution in [2.45, 2.75) is 57.3 Å². The van der Waals surface area contributed by atoms with E-state index in [9.17, 15) is 24.2 Å². The first-order chi connectivity index (χ1) is 21.0. The monoisotopic (exact) mass is 637 g/mol. The molecule has 3 aliphatic rings. The number of benzene rings is 1. The van der Waals surface area contributed by atoms with Crippen LogP contribution in [0.15, 0.2) is 46.0 Å². The van der Waals surface area contributed by atoms with Crippen molar-refractivity contribution in [2.75, 3.05) is 32.8 Å². The first-order valence-corrected chi connectivity index (χ1v) is 15.2. The smallest absolute Gasteiger partial charge is 0.338 e. The number of hydroxylamine groups is 2. The molecule has 0 aliphatic carbocycles. The largest absolute Gasteiger partial charge is 0.481 e. The summed E-state index contributed by atoms with van der Waals surface area (Å²) in [6.45, 7) is 3.45. The molecule has 2 saturated heterocycles. The summed E-state index contributed by atoms with van der Waals surface area (Å²) in [5.41, 5.74) is 1.01. The Kier molecular flexibility index (Phi) is 9.41. The van der Waals surface area contributed by atoms with Gasteiger partial charge in [-0.25, -0.2) is 22.9 Å². The number of hydrogen-bond acceptors (Lipinski definition) is 11. The fourth-order valence-electron chi connectivity index (χ4n) is 6.04. The normalized spacial score (nSPS) is 24.9. The van der Waals surface area contributed by atoms with Gasteiger partial charge in [0.05, 0.1) is 49.9 Å². The summed E-state index contributed by atoms with van der Waals surface area (Å²) in [4.78, 5) is 41.1. The Bertz CT molecular complexity index is 1450. The molecule has 0 saturated carbocycles. The minimum atomic E-state index is -3.30. The molecule has 2 aromatic rings. The molecule has 1 aromatic heterocycles. The van der Waals surface area contributed by atoms with Gasteiger partial charge in [-0.15, -0.1) is 11.3 Å². The number of aliphatic hydroxyl groups excluding tert-OH is 1. The van der Waals surface area contributed by atoms with Crippen LogP contribution < -0.4 is 5.32 Å². The number of fused-ring (bicyclic) bond motifs is 1. The number of aliphatic imine (C=N–C) groups is 1. The van der Waals surface area contributed by atoms with E-state index in [2.05, 4.69) is 10.3 Å². The van der Waals surface area contributed by atoms with Gasteiger partial charge in [0.25, 0.3) is 5.92 Å². The van der Waals surface area contributed by atoms with Crippen molar-refractivity contribution in [3.63, 3.8) is 0 Å². The van der Waals surface area contributed by atoms with E-state index in [4.69, 9.17) is 14.6 Å². The maximum absolute atomic E-state index is 15.6. The number of halogens is 3. The zero-order valence-corrected chi connectivity index (χ0v) is 25.2. The number of amidine groups is 1. The molecule has 4 heterocycles. The summed E-state index contributed by atoms with van der Waals surface area (Å²) in [6.07, 6.45) is 0.271. The minimum Gasteiger partial charge on any atom is -0.481 e. The second-order valence-corrected chi connectivity index (χ2v) is 11.8. The quantitative estimate of drug-likeness (QED) is 0.316. The maximum Gasteiger partial charge on any atom is 0.338 e. The lowest BCUT2D eigenvalue weighted by molar-refractivity contribution is -0.197. The summed E-state index contributed by atoms with van der Waals surface area (Å²) in [5, 5.41) is 26.3. The predicted molar refractivity (Wildman–Crippen MR) is 154 cm³/mol. The Hall–Kier alpha value is -3.37. The molecule has 5 rings (SSSR count). The molecule has 0 bridgehead atoms. The summed E-state index contributed by atoms with van der Waals surface area (Å²) in [6, 6.07) is 1.14. The Balaban J connectivity index is 1.51. The number of alkyl halides is 2. The second-order valence-electron chi connectivity index (χ2n) is 10.9. The molecule has 3 N–H and O–H groups in total. The highest BCUT2D eigenvalue weighted by Crippen LogP contribution is 2.42. The molecule has 44 heavy (non-hydrogen) atoms. The van der Waals surface area contributed by atoms with Crippen molar-refractivity contribution in [2.24, 2.45) is 10.9 Å². The van der Waals surface area contributed by atoms with E-state index in [1.165, 1.54) is 28.4 Å². The maximum atomic E-state index is 15.6. The molecule has 2 fully saturated rings. The van der Waals surface area contributed by atoms with Gasteiger partial charge in [0.1, 0.15) is 17.9 Å². The topological polar surface area (TPSA) is 137 Å². The van der Waals surface area contributed by atoms with Gasteiger partial charge in [-0.3, -0.25) is 19.5 Å². The Labute approximate surface area is 255 Å². The van der Waals surface area contributed by atoms with Crippen LogP contribution in [-0.4, -0.2) is 99.9 Å². The fourth-order valence-corrected chi connectivity index (χ4v) is 6.63. The van der Waals surface area contributed by atoms with Gasteiger partial charge in [-0.05, 0) is 37.5 Å². The molecule has 1 aromatic carbocycles. The van der Waals surface area contributed by atoms with Crippen LogP contribution in [0.2, 0.25) is 0 Å². The molecule has 0 radical (unpaired) electrons. The summed E-state index contributed by atoms with van der Waals surface area (Å²) >= 11 is 1.28. The van der Waals surface area contributed by atoms with Crippen molar-refractivity contribution < 1.29 is 42.5 Å². The van der Waals surface area contributed by atoms with Gasteiger partial charge in [-0.2, -0.15) is 5.06 Å². The number of rotatable bonds is 11. The van der Waals surface area contributed by atoms with E-state index in [0.717, 1.165) is 5.06 Å². The predicted octanol–water partition coefficient (Wildman–Crippen LogP) is 2.91. The average molecular weight is 638 g/mol. The number of hydrogen-bond donors (Lipinski definition) is 3. The van der Waals surface area contributed by atoms with Crippen molar-refractivity contribution in [1.29, 1.82) is 0 Å². The molecule has 3 aliphatic heterocycles. The highest BCUT2D eigenvalue weighted by Gasteiger charge is 2.61. The highest BCUT2D eigenvalue weighted by molar-refractivity contribution is 7.11. The summed E-state index contributed by atoms with van der Waals surface area (Å²) < 4.78 is 51.3. The number of nitrogens with one attached hydrogen (secondary N) is 1. The molecule has 5 atom stereocenters. The summed E-state index contributed by atoms with van der Waals surface area (Å²) in [7, 11) is 0. The lowest BCUT2D eigenvalue weighted by Gasteiger charge is -2.31. The van der Waals surface area contributed by atoms with E-state index in [-0.39, 0.29) is 43.0 Å². The fraction of sp³-hybridized carbons (Fsp3) is 0.517. The van der Waals surface area contributed by atoms with Crippen LogP contribution in [0.25, 0.3) is 0 Å². The van der Waals surface area contributed by atoms with Crippen LogP contribution in [0.4, 0.5) is 13.2 Å². The van der Waals surface area contributed by atoms with Crippen LogP contribution in [-0.2, 0) is 19.2 Å². The number of aromatic nitrogens is 1. The third kappa shape index (κ3) is 6.11. The van der Waals surface area contributed by atoms with E-state index in [1.807, 2.05) is 0 Å². The number of aliphatic carboxylic acids is 1. The van der Waals surface area contributed by atoms with Crippen LogP contribution >= 0.6 is 11.3 Å². The molecule has 0 amide bonds. The van der Waals surface area contributed by atoms with E-state index in [0.29, 0.717) is 16.4 Å². The number of carboxylic acids is 1. The molecule has 238 valence electrons. The van der Waals surface area contributed by atoms with E-state index in [1.54, 1.807) is 38.4 Å². The molecular weight excluding hydrogens is 603 g/mol. The standard InChI is InChI=1S/C29H34F3N5O6S/c1-4-16(27(39)40)21(38)12-37-24-20(13-43-37)36(14-29(24,31)32)11-19-22(28(41)42-5-2)23(17-7-6-8-18(30)15(17)3)35-25(34-19)26-33-9-10-44-26/h6-10,16,20-21,23-24,38H,4-5,11-14H2,1-3H3,(H,34,35)(H,39,40)/t16?,20-,21?,23-,24+/m0/s1. The van der Waals surface area contributed by atoms with Gasteiger partial charge in [0, 0.05) is 23.8 Å². The van der Waals surface area contributed by atoms with Gasteiger partial charge < -0.3 is 20.3 Å². The number of nitrogens with zero attached hydrogens (tertiary/aromatic N) is 4. The number of carboxylic acid groups (broad SMARTS) is 1. The van der Waals surface area contributed by atoms with Gasteiger partial charge in [0.2, 0.25) is 0 Å². The lowest BCUT2D eigenvalue weighted by Crippen LogP contribution is -2.49. The van der Waals surface area contributed by atoms with Crippen LogP contribution in [0.3, 0.4) is 0 Å². The van der Waals surface area contributed by atoms with Crippen molar-refractivity contribution in [3.8, 4) is 0 Å². The second kappa shape index (κ2) is 12.9. The van der Waals surface area contributed by atoms with Crippen LogP contribution in [0, 0.1) is 18.7 Å². The van der Waals surface area contributed by atoms with Crippen molar-refractivity contribution in [3.05, 3.63) is 63.0 Å². The third-order valence-corrected chi connectivity index (χ3v) is 8.99. The lowest BCUT2D eigenvalue weighted by atomic mass is 9.92. The molecular formula is C29H34F3N5O6S. The molecule has 15 heteroatoms. The zero-order valence-electron chi connectivity index (χ0n) is 24.4. The minimum absolute atomic E-state index is 0.0419. The molecule has 0 spiro atoms. The average Bonchev–Trinajstić information content (AvgIpc) is 3.70. The third-order valence-electron chi connectivity index (χ3n) is 8.21. The Morgan fingerprint density at radius 2 is 2.09 bits per heavy atom. The number of carbonyl (C=O) groups is 2. The molecule has 11 nitrogen and oxygen atoms in total. The summed E-state index contributed by atoms with van der Waals surface area (Å²) in [5.74, 6) is -6.57. The molecule has 2 unspecified atom stereocenters. The van der Waals surface area contributed by atoms with E-state index < -0.39 is 66.9 Å². The van der Waals surface area contributed by atoms with E-state index >= 15 is 8.78 Å². The first kappa shape index (κ1) is 32.0. The number of thiazole rings is 1. The van der Waals surface area contributed by atoms with Gasteiger partial charge in [0.15, 0.2) is 10.8 Å². The van der Waals surface area contributed by atoms with Crippen molar-refractivity contribution >= 4 is 29.1 Å². The number of ether oxygens (including phenoxy) is 1. The number of esters is 1. The van der Waals surface area contributed by atoms with Crippen molar-refractivity contribution in [1.82, 2.24) is 20.3 Å². The number of β-amino-alcohol motifs (C(OH)–C–C–N with tert-alkyl or cyclic N) is 1. The van der Waals surface area contributed by atoms with Gasteiger partial charge >= 0.3 is 11.9 Å². The van der Waals surface area contributed by atoms with Crippen LogP contribution in [0.5, 0.6) is 0 Å². The highest BCUT2D eigenvalue weighted by atomic mass is 32.1. The SMILES string of the molecule is CCOC(=O)C1=C(CN2CC(F)(F)[C@H]3[C@@H]2CON3CC(O)C(CC)C(=O)O)NC(c2nccs2)=N[C@H]1c1cccc(F)c1C. The number of likely N-dealkylation sites (tertiary alicyclic amines) is 1. The Morgan fingerprint density at radius 3 is 2.75 bits per heavy atom.